The lowest BCUT2D eigenvalue weighted by atomic mass is 9.75. The van der Waals surface area contributed by atoms with Gasteiger partial charge in [-0.3, -0.25) is 14.7 Å². The number of piperidine rings is 1. The molecular weight excluding hydrogens is 509 g/mol. The Balaban J connectivity index is 1.89. The predicted molar refractivity (Wildman–Crippen MR) is 142 cm³/mol. The van der Waals surface area contributed by atoms with E-state index in [0.717, 1.165) is 18.4 Å². The molecule has 10 heteroatoms. The van der Waals surface area contributed by atoms with Crippen LogP contribution in [-0.2, 0) is 11.0 Å². The van der Waals surface area contributed by atoms with E-state index >= 15 is 0 Å². The maximum Gasteiger partial charge on any atom is 0.255 e. The monoisotopic (exact) mass is 539 g/mol. The van der Waals surface area contributed by atoms with Crippen molar-refractivity contribution < 1.29 is 13.7 Å². The Morgan fingerprint density at radius 2 is 1.97 bits per heavy atom. The number of nitrogens with two attached hydrogens (primary N) is 1. The van der Waals surface area contributed by atoms with Gasteiger partial charge in [0, 0.05) is 31.4 Å². The summed E-state index contributed by atoms with van der Waals surface area (Å²) in [7, 11) is -1.55. The van der Waals surface area contributed by atoms with Crippen molar-refractivity contribution in [2.45, 2.75) is 43.8 Å². The zero-order valence-electron chi connectivity index (χ0n) is 19.9. The number of benzene rings is 1. The number of nitrogens with zero attached hydrogens (tertiary/aromatic N) is 1. The van der Waals surface area contributed by atoms with Crippen LogP contribution in [0.3, 0.4) is 0 Å². The molecule has 1 amide bonds. The number of ether oxygens (including phenoxy) is 1. The minimum atomic E-state index is -1.55. The van der Waals surface area contributed by atoms with Gasteiger partial charge in [-0.1, -0.05) is 35.9 Å². The maximum atomic E-state index is 12.9. The second-order valence-corrected chi connectivity index (χ2v) is 11.9. The average Bonchev–Trinajstić information content (AvgIpc) is 2.83. The van der Waals surface area contributed by atoms with Crippen molar-refractivity contribution in [3.8, 4) is 5.75 Å². The number of amides is 1. The third kappa shape index (κ3) is 6.76. The van der Waals surface area contributed by atoms with Gasteiger partial charge in [0.25, 0.3) is 5.91 Å². The quantitative estimate of drug-likeness (QED) is 0.451. The zero-order chi connectivity index (χ0) is 25.8. The van der Waals surface area contributed by atoms with Crippen LogP contribution in [0.15, 0.2) is 47.9 Å². The number of rotatable bonds is 9. The van der Waals surface area contributed by atoms with Gasteiger partial charge < -0.3 is 14.6 Å². The van der Waals surface area contributed by atoms with E-state index < -0.39 is 15.7 Å². The zero-order valence-corrected chi connectivity index (χ0v) is 22.2. The molecule has 1 aromatic carbocycles. The fourth-order valence-electron chi connectivity index (χ4n) is 4.48. The molecule has 1 aromatic heterocycles. The van der Waals surface area contributed by atoms with E-state index in [4.69, 9.17) is 33.1 Å². The fraction of sp³-hybridized carbons (Fsp3) is 0.440. The van der Waals surface area contributed by atoms with E-state index in [0.29, 0.717) is 47.5 Å². The molecule has 1 unspecified atom stereocenters. The Labute approximate surface area is 218 Å². The number of hydrogen-bond donors (Lipinski definition) is 2. The molecule has 3 rings (SSSR count). The second-order valence-electron chi connectivity index (χ2n) is 9.34. The molecule has 1 aliphatic rings. The number of likely N-dealkylation sites (tertiary alicyclic amines) is 1. The summed E-state index contributed by atoms with van der Waals surface area (Å²) in [5.41, 5.74) is 1.08. The number of carbonyl (C=O) groups is 1. The van der Waals surface area contributed by atoms with Gasteiger partial charge in [-0.05, 0) is 62.6 Å². The van der Waals surface area contributed by atoms with Crippen molar-refractivity contribution in [3.05, 3.63) is 74.6 Å². The highest BCUT2D eigenvalue weighted by molar-refractivity contribution is 7.84. The van der Waals surface area contributed by atoms with E-state index in [-0.39, 0.29) is 23.3 Å². The van der Waals surface area contributed by atoms with Crippen LogP contribution in [0.2, 0.25) is 10.0 Å². The number of hydrogen-bond acceptors (Lipinski definition) is 4. The van der Waals surface area contributed by atoms with E-state index in [1.165, 1.54) is 18.3 Å². The minimum absolute atomic E-state index is 0.0718. The third-order valence-corrected chi connectivity index (χ3v) is 8.47. The first kappa shape index (κ1) is 27.5. The van der Waals surface area contributed by atoms with Crippen LogP contribution in [0.4, 0.5) is 0 Å². The van der Waals surface area contributed by atoms with Gasteiger partial charge in [-0.25, -0.2) is 4.21 Å². The molecule has 2 heterocycles. The SMILES string of the molecule is C=CCOc1cc(Cl)c(Cl)cc1[C@H](CC(C)(C)S(N)=O)C1CCN(C(=O)c2ccc(=O)[nH]c2)CC1. The van der Waals surface area contributed by atoms with Crippen LogP contribution < -0.4 is 15.4 Å². The number of H-pyrrole nitrogens is 1. The summed E-state index contributed by atoms with van der Waals surface area (Å²) in [5, 5.41) is 6.64. The molecule has 3 N–H and O–H groups in total. The molecule has 0 radical (unpaired) electrons. The lowest BCUT2D eigenvalue weighted by Gasteiger charge is -2.39. The van der Waals surface area contributed by atoms with Gasteiger partial charge in [0.15, 0.2) is 0 Å². The summed E-state index contributed by atoms with van der Waals surface area (Å²) in [6.07, 6.45) is 5.10. The van der Waals surface area contributed by atoms with Gasteiger partial charge in [-0.2, -0.15) is 0 Å². The summed E-state index contributed by atoms with van der Waals surface area (Å²) in [4.78, 5) is 28.6. The van der Waals surface area contributed by atoms with Crippen molar-refractivity contribution >= 4 is 40.1 Å². The number of nitrogens with one attached hydrogen (secondary N) is 1. The van der Waals surface area contributed by atoms with Gasteiger partial charge in [0.05, 0.1) is 31.3 Å². The summed E-state index contributed by atoms with van der Waals surface area (Å²) < 4.78 is 17.6. The van der Waals surface area contributed by atoms with E-state index in [2.05, 4.69) is 11.6 Å². The van der Waals surface area contributed by atoms with Crippen molar-refractivity contribution in [2.24, 2.45) is 11.1 Å². The molecule has 35 heavy (non-hydrogen) atoms. The first-order chi connectivity index (χ1) is 16.5. The van der Waals surface area contributed by atoms with Crippen molar-refractivity contribution in [3.63, 3.8) is 0 Å². The molecule has 0 bridgehead atoms. The largest absolute Gasteiger partial charge is 0.489 e. The van der Waals surface area contributed by atoms with Crippen molar-refractivity contribution in [2.75, 3.05) is 19.7 Å². The summed E-state index contributed by atoms with van der Waals surface area (Å²) >= 11 is 12.7. The van der Waals surface area contributed by atoms with Gasteiger partial charge in [0.2, 0.25) is 5.56 Å². The topological polar surface area (TPSA) is 105 Å². The Morgan fingerprint density at radius 1 is 1.31 bits per heavy atom. The lowest BCUT2D eigenvalue weighted by molar-refractivity contribution is 0.0672. The molecule has 190 valence electrons. The van der Waals surface area contributed by atoms with Crippen LogP contribution in [0, 0.1) is 5.92 Å². The molecule has 2 atom stereocenters. The smallest absolute Gasteiger partial charge is 0.255 e. The highest BCUT2D eigenvalue weighted by Gasteiger charge is 2.37. The number of aromatic amines is 1. The van der Waals surface area contributed by atoms with Crippen molar-refractivity contribution in [1.82, 2.24) is 9.88 Å². The Bertz CT molecular complexity index is 1140. The molecule has 1 saturated heterocycles. The molecule has 1 fully saturated rings. The van der Waals surface area contributed by atoms with Crippen LogP contribution >= 0.6 is 23.2 Å². The van der Waals surface area contributed by atoms with Crippen LogP contribution in [0.25, 0.3) is 0 Å². The van der Waals surface area contributed by atoms with Gasteiger partial charge >= 0.3 is 0 Å². The maximum absolute atomic E-state index is 12.9. The van der Waals surface area contributed by atoms with Crippen LogP contribution in [0.1, 0.15) is 54.9 Å². The minimum Gasteiger partial charge on any atom is -0.489 e. The highest BCUT2D eigenvalue weighted by Crippen LogP contribution is 2.45. The number of aromatic nitrogens is 1. The number of carbonyl (C=O) groups excluding carboxylic acids is 1. The molecule has 7 nitrogen and oxygen atoms in total. The summed E-state index contributed by atoms with van der Waals surface area (Å²) in [5.74, 6) is 0.581. The Hall–Kier alpha value is -2.13. The first-order valence-corrected chi connectivity index (χ1v) is 13.4. The number of pyridine rings is 1. The third-order valence-electron chi connectivity index (χ3n) is 6.49. The molecule has 2 aromatic rings. The lowest BCUT2D eigenvalue weighted by Crippen LogP contribution is -2.41. The fourth-order valence-corrected chi connectivity index (χ4v) is 5.15. The normalized spacial score (nSPS) is 16.5. The highest BCUT2D eigenvalue weighted by atomic mass is 35.5. The summed E-state index contributed by atoms with van der Waals surface area (Å²) in [6, 6.07) is 6.41. The average molecular weight is 541 g/mol. The molecular formula is C25H31Cl2N3O4S. The summed E-state index contributed by atoms with van der Waals surface area (Å²) in [6.45, 7) is 8.89. The second kappa shape index (κ2) is 11.7. The van der Waals surface area contributed by atoms with Crippen LogP contribution in [0.5, 0.6) is 5.75 Å². The first-order valence-electron chi connectivity index (χ1n) is 11.4. The molecule has 0 spiro atoms. The van der Waals surface area contributed by atoms with Crippen molar-refractivity contribution in [1.29, 1.82) is 0 Å². The number of halogens is 2. The van der Waals surface area contributed by atoms with Gasteiger partial charge in [0.1, 0.15) is 12.4 Å². The Morgan fingerprint density at radius 3 is 2.54 bits per heavy atom. The molecule has 1 aliphatic heterocycles. The predicted octanol–water partition coefficient (Wildman–Crippen LogP) is 4.67. The Kier molecular flexibility index (Phi) is 9.21. The van der Waals surface area contributed by atoms with Gasteiger partial charge in [-0.15, -0.1) is 0 Å². The van der Waals surface area contributed by atoms with E-state index in [1.807, 2.05) is 19.9 Å². The van der Waals surface area contributed by atoms with Crippen LogP contribution in [-0.4, -0.2) is 44.4 Å². The standard InChI is InChI=1S/C25H31Cl2N3O4S/c1-4-11-34-22-13-21(27)20(26)12-18(22)19(14-25(2,3)35(28)33)16-7-9-30(10-8-16)24(32)17-5-6-23(31)29-15-17/h4-6,12-13,15-16,19H,1,7-11,14,28H2,2-3H3,(H,29,31)/t19-,35?/m1/s1. The molecule has 0 aliphatic carbocycles. The van der Waals surface area contributed by atoms with E-state index in [1.54, 1.807) is 17.0 Å². The molecule has 0 saturated carbocycles. The van der Waals surface area contributed by atoms with E-state index in [9.17, 15) is 13.8 Å².